The van der Waals surface area contributed by atoms with Gasteiger partial charge in [-0.05, 0) is 12.8 Å². The molecule has 0 aliphatic heterocycles. The highest BCUT2D eigenvalue weighted by atomic mass is 28.2. The van der Waals surface area contributed by atoms with Crippen molar-refractivity contribution < 1.29 is 4.74 Å². The third-order valence-electron chi connectivity index (χ3n) is 2.07. The minimum atomic E-state index is -0.194. The zero-order valence-electron chi connectivity index (χ0n) is 8.61. The van der Waals surface area contributed by atoms with Crippen LogP contribution in [0.15, 0.2) is 43.0 Å². The van der Waals surface area contributed by atoms with Crippen molar-refractivity contribution in [2.75, 3.05) is 12.8 Å². The average Bonchev–Trinajstić information content (AvgIpc) is 2.25. The third-order valence-corrected chi connectivity index (χ3v) is 3.62. The van der Waals surface area contributed by atoms with Crippen molar-refractivity contribution in [2.45, 2.75) is 12.8 Å². The van der Waals surface area contributed by atoms with Crippen LogP contribution in [0.2, 0.25) is 0 Å². The molecule has 0 saturated carbocycles. The van der Waals surface area contributed by atoms with Crippen molar-refractivity contribution in [3.8, 4) is 0 Å². The zero-order valence-corrected chi connectivity index (χ0v) is 10.0. The standard InChI is InChI=1S/C12H18OSi/c1-2-3-7-10-13-11-14-12-8-5-4-6-9-12/h2,4-6,8-9H,1,3,7,10-11,14H2. The molecule has 0 bridgehead atoms. The summed E-state index contributed by atoms with van der Waals surface area (Å²) >= 11 is 0. The van der Waals surface area contributed by atoms with Crippen molar-refractivity contribution in [2.24, 2.45) is 0 Å². The van der Waals surface area contributed by atoms with E-state index in [-0.39, 0.29) is 9.52 Å². The van der Waals surface area contributed by atoms with E-state index in [4.69, 9.17) is 4.74 Å². The molecular formula is C12H18OSi. The first-order valence-corrected chi connectivity index (χ1v) is 6.87. The highest BCUT2D eigenvalue weighted by molar-refractivity contribution is 6.53. The Morgan fingerprint density at radius 2 is 2.07 bits per heavy atom. The monoisotopic (exact) mass is 206 g/mol. The maximum Gasteiger partial charge on any atom is 0.0848 e. The summed E-state index contributed by atoms with van der Waals surface area (Å²) in [5.74, 6) is 0. The van der Waals surface area contributed by atoms with Gasteiger partial charge in [-0.2, -0.15) is 0 Å². The number of hydrogen-bond donors (Lipinski definition) is 0. The van der Waals surface area contributed by atoms with Crippen LogP contribution < -0.4 is 5.19 Å². The molecule has 0 unspecified atom stereocenters. The first-order valence-electron chi connectivity index (χ1n) is 5.16. The fraction of sp³-hybridized carbons (Fsp3) is 0.333. The van der Waals surface area contributed by atoms with Gasteiger partial charge in [0.05, 0.1) is 9.52 Å². The molecule has 1 rings (SSSR count). The summed E-state index contributed by atoms with van der Waals surface area (Å²) in [6, 6.07) is 10.6. The van der Waals surface area contributed by atoms with Crippen molar-refractivity contribution in [1.82, 2.24) is 0 Å². The molecule has 0 atom stereocenters. The molecule has 1 nitrogen and oxygen atoms in total. The van der Waals surface area contributed by atoms with Crippen molar-refractivity contribution in [3.05, 3.63) is 43.0 Å². The molecule has 1 aromatic rings. The van der Waals surface area contributed by atoms with Crippen LogP contribution in [-0.2, 0) is 4.74 Å². The fourth-order valence-corrected chi connectivity index (χ4v) is 2.46. The highest BCUT2D eigenvalue weighted by Gasteiger charge is 1.92. The summed E-state index contributed by atoms with van der Waals surface area (Å²) < 4.78 is 5.55. The van der Waals surface area contributed by atoms with Gasteiger partial charge < -0.3 is 4.74 Å². The van der Waals surface area contributed by atoms with Crippen LogP contribution >= 0.6 is 0 Å². The summed E-state index contributed by atoms with van der Waals surface area (Å²) in [6.45, 7) is 4.56. The van der Waals surface area contributed by atoms with Gasteiger partial charge in [-0.1, -0.05) is 41.6 Å². The molecule has 0 spiro atoms. The predicted octanol–water partition coefficient (Wildman–Crippen LogP) is 1.42. The van der Waals surface area contributed by atoms with E-state index in [0.29, 0.717) is 0 Å². The van der Waals surface area contributed by atoms with E-state index in [0.717, 1.165) is 25.7 Å². The number of ether oxygens (including phenoxy) is 1. The predicted molar refractivity (Wildman–Crippen MR) is 64.9 cm³/mol. The topological polar surface area (TPSA) is 9.23 Å². The van der Waals surface area contributed by atoms with Gasteiger partial charge in [0, 0.05) is 12.8 Å². The smallest absolute Gasteiger partial charge is 0.0848 e. The Labute approximate surface area is 88.6 Å². The highest BCUT2D eigenvalue weighted by Crippen LogP contribution is 1.89. The Morgan fingerprint density at radius 1 is 1.29 bits per heavy atom. The number of hydrogen-bond acceptors (Lipinski definition) is 1. The van der Waals surface area contributed by atoms with Crippen LogP contribution in [0.3, 0.4) is 0 Å². The van der Waals surface area contributed by atoms with Gasteiger partial charge >= 0.3 is 0 Å². The number of unbranched alkanes of at least 4 members (excludes halogenated alkanes) is 1. The second-order valence-corrected chi connectivity index (χ2v) is 5.00. The maximum atomic E-state index is 5.55. The summed E-state index contributed by atoms with van der Waals surface area (Å²) in [4.78, 5) is 0. The lowest BCUT2D eigenvalue weighted by molar-refractivity contribution is 0.175. The van der Waals surface area contributed by atoms with Gasteiger partial charge in [0.15, 0.2) is 0 Å². The Kier molecular flexibility index (Phi) is 6.03. The molecule has 14 heavy (non-hydrogen) atoms. The molecule has 0 aliphatic rings. The van der Waals surface area contributed by atoms with Crippen LogP contribution in [0.1, 0.15) is 12.8 Å². The molecule has 0 N–H and O–H groups in total. The summed E-state index contributed by atoms with van der Waals surface area (Å²) in [5.41, 5.74) is 0. The van der Waals surface area contributed by atoms with Crippen LogP contribution in [0.25, 0.3) is 0 Å². The first kappa shape index (κ1) is 11.2. The Balaban J connectivity index is 2.02. The van der Waals surface area contributed by atoms with Crippen molar-refractivity contribution in [3.63, 3.8) is 0 Å². The molecule has 0 amide bonds. The molecule has 0 fully saturated rings. The van der Waals surface area contributed by atoms with Crippen LogP contribution in [-0.4, -0.2) is 22.4 Å². The average molecular weight is 206 g/mol. The molecule has 0 radical (unpaired) electrons. The molecule has 0 heterocycles. The van der Waals surface area contributed by atoms with Gasteiger partial charge in [-0.25, -0.2) is 0 Å². The first-order chi connectivity index (χ1) is 6.93. The lowest BCUT2D eigenvalue weighted by Crippen LogP contribution is -2.19. The number of allylic oxidation sites excluding steroid dienone is 1. The minimum Gasteiger partial charge on any atom is -0.385 e. The maximum absolute atomic E-state index is 5.55. The van der Waals surface area contributed by atoms with E-state index in [1.165, 1.54) is 5.19 Å². The van der Waals surface area contributed by atoms with E-state index in [2.05, 4.69) is 36.9 Å². The Hall–Kier alpha value is -0.863. The quantitative estimate of drug-likeness (QED) is 0.372. The SMILES string of the molecule is C=CCCCOC[SiH2]c1ccccc1. The van der Waals surface area contributed by atoms with E-state index in [1.54, 1.807) is 0 Å². The molecular weight excluding hydrogens is 188 g/mol. The molecule has 1 aromatic carbocycles. The lowest BCUT2D eigenvalue weighted by Gasteiger charge is -2.02. The molecule has 0 aromatic heterocycles. The van der Waals surface area contributed by atoms with Gasteiger partial charge in [0.2, 0.25) is 0 Å². The van der Waals surface area contributed by atoms with Crippen LogP contribution in [0.5, 0.6) is 0 Å². The summed E-state index contributed by atoms with van der Waals surface area (Å²) in [7, 11) is -0.194. The zero-order chi connectivity index (χ0) is 10.1. The van der Waals surface area contributed by atoms with E-state index in [1.807, 2.05) is 6.08 Å². The van der Waals surface area contributed by atoms with Gasteiger partial charge in [-0.15, -0.1) is 6.58 Å². The number of rotatable bonds is 7. The van der Waals surface area contributed by atoms with E-state index in [9.17, 15) is 0 Å². The van der Waals surface area contributed by atoms with E-state index >= 15 is 0 Å². The minimum absolute atomic E-state index is 0.194. The van der Waals surface area contributed by atoms with Crippen LogP contribution in [0.4, 0.5) is 0 Å². The van der Waals surface area contributed by atoms with Gasteiger partial charge in [0.1, 0.15) is 0 Å². The lowest BCUT2D eigenvalue weighted by atomic mass is 10.3. The normalized spacial score (nSPS) is 10.9. The summed E-state index contributed by atoms with van der Waals surface area (Å²) in [6.07, 6.45) is 5.07. The number of benzene rings is 1. The van der Waals surface area contributed by atoms with Crippen LogP contribution in [0, 0.1) is 0 Å². The second kappa shape index (κ2) is 7.53. The Morgan fingerprint density at radius 3 is 2.79 bits per heavy atom. The third kappa shape index (κ3) is 4.99. The van der Waals surface area contributed by atoms with Crippen molar-refractivity contribution in [1.29, 1.82) is 0 Å². The summed E-state index contributed by atoms with van der Waals surface area (Å²) in [5, 5.41) is 1.48. The molecule has 76 valence electrons. The fourth-order valence-electron chi connectivity index (χ4n) is 1.27. The largest absolute Gasteiger partial charge is 0.385 e. The molecule has 0 aliphatic carbocycles. The second-order valence-electron chi connectivity index (χ2n) is 3.28. The van der Waals surface area contributed by atoms with Crippen molar-refractivity contribution >= 4 is 14.7 Å². The molecule has 0 saturated heterocycles. The van der Waals surface area contributed by atoms with Gasteiger partial charge in [0.25, 0.3) is 0 Å². The Bertz CT molecular complexity index is 246. The van der Waals surface area contributed by atoms with Gasteiger partial charge in [-0.3, -0.25) is 0 Å². The van der Waals surface area contributed by atoms with E-state index < -0.39 is 0 Å². The molecule has 2 heteroatoms.